The monoisotopic (exact) mass is 252 g/mol. The first-order valence-corrected chi connectivity index (χ1v) is 7.11. The first-order chi connectivity index (χ1) is 8.08. The van der Waals surface area contributed by atoms with Gasteiger partial charge in [0.15, 0.2) is 0 Å². The molecule has 0 aliphatic heterocycles. The van der Waals surface area contributed by atoms with E-state index in [4.69, 9.17) is 0 Å². The molecule has 0 saturated carbocycles. The molecule has 1 aromatic heterocycles. The number of carbonyl (C=O) groups is 1. The van der Waals surface area contributed by atoms with Crippen LogP contribution >= 0.6 is 11.8 Å². The summed E-state index contributed by atoms with van der Waals surface area (Å²) < 4.78 is 0. The Morgan fingerprint density at radius 3 is 2.82 bits per heavy atom. The molecule has 1 amide bonds. The summed E-state index contributed by atoms with van der Waals surface area (Å²) in [6.07, 6.45) is 4.69. The van der Waals surface area contributed by atoms with Gasteiger partial charge in [-0.05, 0) is 31.2 Å². The fourth-order valence-corrected chi connectivity index (χ4v) is 1.86. The van der Waals surface area contributed by atoms with Crippen molar-refractivity contribution in [1.82, 2.24) is 10.3 Å². The van der Waals surface area contributed by atoms with E-state index in [1.165, 1.54) is 11.8 Å². The van der Waals surface area contributed by atoms with Gasteiger partial charge in [-0.1, -0.05) is 20.3 Å². The van der Waals surface area contributed by atoms with Crippen LogP contribution in [0.15, 0.2) is 23.4 Å². The largest absolute Gasteiger partial charge is 0.349 e. The molecule has 94 valence electrons. The Morgan fingerprint density at radius 2 is 2.24 bits per heavy atom. The smallest absolute Gasteiger partial charge is 0.251 e. The third-order valence-corrected chi connectivity index (χ3v) is 3.70. The van der Waals surface area contributed by atoms with Gasteiger partial charge in [-0.15, -0.1) is 11.8 Å². The van der Waals surface area contributed by atoms with Gasteiger partial charge in [-0.3, -0.25) is 4.79 Å². The van der Waals surface area contributed by atoms with Gasteiger partial charge in [0.1, 0.15) is 0 Å². The first kappa shape index (κ1) is 14.0. The van der Waals surface area contributed by atoms with Crippen LogP contribution in [0.25, 0.3) is 0 Å². The van der Waals surface area contributed by atoms with E-state index in [-0.39, 0.29) is 11.9 Å². The van der Waals surface area contributed by atoms with Crippen LogP contribution in [0.4, 0.5) is 0 Å². The minimum Gasteiger partial charge on any atom is -0.349 e. The van der Waals surface area contributed by atoms with E-state index in [1.54, 1.807) is 12.3 Å². The van der Waals surface area contributed by atoms with Crippen molar-refractivity contribution in [3.8, 4) is 0 Å². The van der Waals surface area contributed by atoms with E-state index >= 15 is 0 Å². The summed E-state index contributed by atoms with van der Waals surface area (Å²) in [4.78, 5) is 16.1. The normalized spacial score (nSPS) is 14.1. The van der Waals surface area contributed by atoms with Gasteiger partial charge >= 0.3 is 0 Å². The highest BCUT2D eigenvalue weighted by Gasteiger charge is 2.14. The van der Waals surface area contributed by atoms with Crippen LogP contribution in [0, 0.1) is 5.92 Å². The SMILES string of the molecule is CC[C@H](C)[C@H](C)NC(=O)c1ccnc(SC)c1. The zero-order chi connectivity index (χ0) is 12.8. The van der Waals surface area contributed by atoms with Crippen molar-refractivity contribution in [3.05, 3.63) is 23.9 Å². The third kappa shape index (κ3) is 4.04. The van der Waals surface area contributed by atoms with Crippen LogP contribution in [0.3, 0.4) is 0 Å². The van der Waals surface area contributed by atoms with Crippen molar-refractivity contribution in [1.29, 1.82) is 0 Å². The Hall–Kier alpha value is -1.03. The number of hydrogen-bond acceptors (Lipinski definition) is 3. The van der Waals surface area contributed by atoms with E-state index in [2.05, 4.69) is 24.1 Å². The lowest BCUT2D eigenvalue weighted by molar-refractivity contribution is 0.0927. The van der Waals surface area contributed by atoms with Gasteiger partial charge in [-0.25, -0.2) is 4.98 Å². The third-order valence-electron chi connectivity index (χ3n) is 3.06. The van der Waals surface area contributed by atoms with Crippen LogP contribution in [0.1, 0.15) is 37.6 Å². The molecule has 0 saturated heterocycles. The lowest BCUT2D eigenvalue weighted by Gasteiger charge is -2.19. The van der Waals surface area contributed by atoms with Crippen LogP contribution < -0.4 is 5.32 Å². The van der Waals surface area contributed by atoms with Gasteiger partial charge in [0.25, 0.3) is 5.91 Å². The number of carbonyl (C=O) groups excluding carboxylic acids is 1. The van der Waals surface area contributed by atoms with Crippen LogP contribution in [0.5, 0.6) is 0 Å². The first-order valence-electron chi connectivity index (χ1n) is 5.89. The zero-order valence-corrected chi connectivity index (χ0v) is 11.7. The number of nitrogens with zero attached hydrogens (tertiary/aromatic N) is 1. The quantitative estimate of drug-likeness (QED) is 0.819. The summed E-state index contributed by atoms with van der Waals surface area (Å²) in [5.74, 6) is 0.469. The summed E-state index contributed by atoms with van der Waals surface area (Å²) in [6, 6.07) is 3.76. The Bertz CT molecular complexity index is 381. The molecular weight excluding hydrogens is 232 g/mol. The minimum absolute atomic E-state index is 0.0181. The molecule has 2 atom stereocenters. The summed E-state index contributed by atoms with van der Waals surface area (Å²) in [7, 11) is 0. The molecule has 1 rings (SSSR count). The van der Waals surface area contributed by atoms with Gasteiger partial charge in [0.05, 0.1) is 5.03 Å². The second kappa shape index (κ2) is 6.64. The highest BCUT2D eigenvalue weighted by atomic mass is 32.2. The number of hydrogen-bond donors (Lipinski definition) is 1. The number of pyridine rings is 1. The fraction of sp³-hybridized carbons (Fsp3) is 0.538. The Morgan fingerprint density at radius 1 is 1.53 bits per heavy atom. The molecule has 1 heterocycles. The molecule has 0 aromatic carbocycles. The zero-order valence-electron chi connectivity index (χ0n) is 10.9. The molecule has 1 aromatic rings. The predicted octanol–water partition coefficient (Wildman–Crippen LogP) is 2.97. The molecule has 1 N–H and O–H groups in total. The van der Waals surface area contributed by atoms with Gasteiger partial charge in [0.2, 0.25) is 0 Å². The van der Waals surface area contributed by atoms with Crippen LogP contribution in [-0.2, 0) is 0 Å². The summed E-state index contributed by atoms with van der Waals surface area (Å²) in [5.41, 5.74) is 0.680. The molecule has 17 heavy (non-hydrogen) atoms. The Balaban J connectivity index is 2.69. The maximum atomic E-state index is 12.0. The van der Waals surface area contributed by atoms with Crippen molar-refractivity contribution in [2.45, 2.75) is 38.3 Å². The lowest BCUT2D eigenvalue weighted by atomic mass is 10.0. The lowest BCUT2D eigenvalue weighted by Crippen LogP contribution is -2.36. The molecule has 0 aliphatic carbocycles. The number of aromatic nitrogens is 1. The van der Waals surface area contributed by atoms with Crippen LogP contribution in [0.2, 0.25) is 0 Å². The molecular formula is C13H20N2OS. The number of thioether (sulfide) groups is 1. The molecule has 0 unspecified atom stereocenters. The predicted molar refractivity (Wildman–Crippen MR) is 72.4 cm³/mol. The fourth-order valence-electron chi connectivity index (χ4n) is 1.45. The molecule has 0 aliphatic rings. The average molecular weight is 252 g/mol. The highest BCUT2D eigenvalue weighted by molar-refractivity contribution is 7.98. The number of amides is 1. The van der Waals surface area contributed by atoms with Crippen molar-refractivity contribution < 1.29 is 4.79 Å². The van der Waals surface area contributed by atoms with Gasteiger partial charge in [0, 0.05) is 17.8 Å². The molecule has 0 spiro atoms. The van der Waals surface area contributed by atoms with Gasteiger partial charge < -0.3 is 5.32 Å². The Labute approximate surface area is 107 Å². The summed E-state index contributed by atoms with van der Waals surface area (Å²) in [5, 5.41) is 3.89. The summed E-state index contributed by atoms with van der Waals surface area (Å²) in [6.45, 7) is 6.32. The van der Waals surface area contributed by atoms with E-state index in [9.17, 15) is 4.79 Å². The van der Waals surface area contributed by atoms with E-state index < -0.39 is 0 Å². The Kier molecular flexibility index (Phi) is 5.48. The second-order valence-electron chi connectivity index (χ2n) is 4.23. The van der Waals surface area contributed by atoms with Crippen LogP contribution in [-0.4, -0.2) is 23.2 Å². The second-order valence-corrected chi connectivity index (χ2v) is 5.06. The number of rotatable bonds is 5. The maximum Gasteiger partial charge on any atom is 0.251 e. The van der Waals surface area contributed by atoms with E-state index in [0.717, 1.165) is 11.4 Å². The van der Waals surface area contributed by atoms with E-state index in [0.29, 0.717) is 11.5 Å². The van der Waals surface area contributed by atoms with Crippen molar-refractivity contribution in [2.24, 2.45) is 5.92 Å². The molecule has 3 nitrogen and oxygen atoms in total. The average Bonchev–Trinajstić information content (AvgIpc) is 2.37. The molecule has 4 heteroatoms. The number of nitrogens with one attached hydrogen (secondary N) is 1. The van der Waals surface area contributed by atoms with Crippen molar-refractivity contribution in [2.75, 3.05) is 6.26 Å². The highest BCUT2D eigenvalue weighted by Crippen LogP contribution is 2.13. The maximum absolute atomic E-state index is 12.0. The topological polar surface area (TPSA) is 42.0 Å². The van der Waals surface area contributed by atoms with Crippen molar-refractivity contribution >= 4 is 17.7 Å². The molecule has 0 radical (unpaired) electrons. The van der Waals surface area contributed by atoms with Gasteiger partial charge in [-0.2, -0.15) is 0 Å². The molecule has 0 bridgehead atoms. The summed E-state index contributed by atoms with van der Waals surface area (Å²) >= 11 is 1.54. The standard InChI is InChI=1S/C13H20N2OS/c1-5-9(2)10(3)15-13(16)11-6-7-14-12(8-11)17-4/h6-10H,5H2,1-4H3,(H,15,16)/t9-,10-/m0/s1. The van der Waals surface area contributed by atoms with Crippen molar-refractivity contribution in [3.63, 3.8) is 0 Å². The molecule has 0 fully saturated rings. The van der Waals surface area contributed by atoms with E-state index in [1.807, 2.05) is 19.2 Å². The minimum atomic E-state index is -0.0181.